The lowest BCUT2D eigenvalue weighted by molar-refractivity contribution is 0.632. The lowest BCUT2D eigenvalue weighted by Gasteiger charge is -2.42. The second-order valence-corrected chi connectivity index (χ2v) is 14.8. The van der Waals surface area contributed by atoms with Gasteiger partial charge in [0.05, 0.1) is 22.7 Å². The van der Waals surface area contributed by atoms with Gasteiger partial charge in [-0.05, 0) is 107 Å². The van der Waals surface area contributed by atoms with Gasteiger partial charge in [0.1, 0.15) is 5.01 Å². The molecule has 2 aliphatic heterocycles. The van der Waals surface area contributed by atoms with Gasteiger partial charge in [0.2, 0.25) is 0 Å². The number of anilines is 6. The van der Waals surface area contributed by atoms with E-state index in [1.54, 1.807) is 0 Å². The zero-order valence-electron chi connectivity index (χ0n) is 28.1. The molecule has 238 valence electrons. The summed E-state index contributed by atoms with van der Waals surface area (Å²) in [4.78, 5) is 9.76. The Morgan fingerprint density at radius 2 is 0.776 bits per heavy atom. The Hall–Kier alpha value is -5.52. The lowest BCUT2D eigenvalue weighted by Crippen LogP contribution is -2.30. The second-order valence-electron chi connectivity index (χ2n) is 14.0. The molecule has 2 aliphatic rings. The van der Waals surface area contributed by atoms with E-state index >= 15 is 0 Å². The second kappa shape index (κ2) is 11.0. The van der Waals surface area contributed by atoms with Gasteiger partial charge in [0.25, 0.3) is 0 Å². The fourth-order valence-electron chi connectivity index (χ4n) is 7.87. The Labute approximate surface area is 292 Å². The third kappa shape index (κ3) is 4.57. The van der Waals surface area contributed by atoms with E-state index in [0.717, 1.165) is 33.3 Å². The summed E-state index contributed by atoms with van der Waals surface area (Å²) in [5, 5.41) is 0.910. The third-order valence-electron chi connectivity index (χ3n) is 10.5. The van der Waals surface area contributed by atoms with Crippen LogP contribution in [0, 0.1) is 0 Å². The van der Waals surface area contributed by atoms with Gasteiger partial charge in [-0.1, -0.05) is 100 Å². The lowest BCUT2D eigenvalue weighted by atomic mass is 9.73. The molecule has 49 heavy (non-hydrogen) atoms. The van der Waals surface area contributed by atoms with Crippen molar-refractivity contribution >= 4 is 45.7 Å². The summed E-state index contributed by atoms with van der Waals surface area (Å²) in [5.74, 6) is 0.748. The van der Waals surface area contributed by atoms with Crippen molar-refractivity contribution in [3.05, 3.63) is 168 Å². The summed E-state index contributed by atoms with van der Waals surface area (Å²) < 4.78 is 4.79. The molecule has 0 amide bonds. The van der Waals surface area contributed by atoms with E-state index in [1.165, 1.54) is 56.5 Å². The monoisotopic (exact) mass is 652 g/mol. The average molecular weight is 653 g/mol. The third-order valence-corrected chi connectivity index (χ3v) is 11.2. The van der Waals surface area contributed by atoms with Crippen molar-refractivity contribution in [1.29, 1.82) is 0 Å². The minimum Gasteiger partial charge on any atom is -0.310 e. The molecule has 6 aromatic carbocycles. The molecule has 0 fully saturated rings. The molecule has 1 aromatic heterocycles. The van der Waals surface area contributed by atoms with Gasteiger partial charge < -0.3 is 9.80 Å². The van der Waals surface area contributed by atoms with Crippen LogP contribution in [-0.4, -0.2) is 9.36 Å². The summed E-state index contributed by atoms with van der Waals surface area (Å²) in [6.45, 7) is 9.27. The van der Waals surface area contributed by atoms with Crippen molar-refractivity contribution in [3.8, 4) is 22.0 Å². The molecule has 0 spiro atoms. The number of rotatable bonds is 4. The molecule has 0 atom stereocenters. The first-order chi connectivity index (χ1) is 23.8. The van der Waals surface area contributed by atoms with Gasteiger partial charge >= 0.3 is 0 Å². The van der Waals surface area contributed by atoms with Crippen LogP contribution in [0.1, 0.15) is 49.9 Å². The standard InChI is InChI=1S/C44H36N4S/c1-43(2)33-13-5-9-17-37(33)47(38-18-10-6-14-34(38)43)31-25-21-29(22-26-31)41-45-42(49-46-41)30-23-27-32(28-24-30)48-39-19-11-7-15-35(39)44(3,4)36-16-8-12-20-40(36)48/h5-28H,1-4H3. The highest BCUT2D eigenvalue weighted by Gasteiger charge is 2.37. The predicted molar refractivity (Wildman–Crippen MR) is 204 cm³/mol. The van der Waals surface area contributed by atoms with E-state index in [4.69, 9.17) is 9.36 Å². The summed E-state index contributed by atoms with van der Waals surface area (Å²) >= 11 is 1.44. The van der Waals surface area contributed by atoms with Crippen molar-refractivity contribution in [1.82, 2.24) is 9.36 Å². The van der Waals surface area contributed by atoms with Crippen molar-refractivity contribution in [2.75, 3.05) is 9.80 Å². The maximum atomic E-state index is 5.00. The van der Waals surface area contributed by atoms with Gasteiger partial charge in [-0.25, -0.2) is 4.98 Å². The molecule has 5 heteroatoms. The number of hydrogen-bond donors (Lipinski definition) is 0. The van der Waals surface area contributed by atoms with Crippen molar-refractivity contribution in [2.45, 2.75) is 38.5 Å². The number of benzene rings is 6. The molecular formula is C44H36N4S. The highest BCUT2D eigenvalue weighted by molar-refractivity contribution is 7.09. The van der Waals surface area contributed by atoms with Crippen LogP contribution < -0.4 is 9.80 Å². The Bertz CT molecular complexity index is 2090. The van der Waals surface area contributed by atoms with E-state index < -0.39 is 0 Å². The first-order valence-corrected chi connectivity index (χ1v) is 17.6. The molecule has 0 radical (unpaired) electrons. The van der Waals surface area contributed by atoms with Gasteiger partial charge in [0.15, 0.2) is 5.82 Å². The van der Waals surface area contributed by atoms with Crippen LogP contribution in [0.5, 0.6) is 0 Å². The van der Waals surface area contributed by atoms with Crippen LogP contribution in [0.25, 0.3) is 22.0 Å². The zero-order valence-corrected chi connectivity index (χ0v) is 28.9. The van der Waals surface area contributed by atoms with Crippen molar-refractivity contribution in [3.63, 3.8) is 0 Å². The normalized spacial score (nSPS) is 15.2. The summed E-state index contributed by atoms with van der Waals surface area (Å²) in [5.41, 5.74) is 14.4. The number of aromatic nitrogens is 2. The number of nitrogens with zero attached hydrogens (tertiary/aromatic N) is 4. The van der Waals surface area contributed by atoms with Crippen LogP contribution in [0.4, 0.5) is 34.1 Å². The van der Waals surface area contributed by atoms with E-state index in [1.807, 2.05) is 0 Å². The Morgan fingerprint density at radius 1 is 0.429 bits per heavy atom. The molecule has 0 N–H and O–H groups in total. The fraction of sp³-hybridized carbons (Fsp3) is 0.136. The average Bonchev–Trinajstić information content (AvgIpc) is 3.63. The molecule has 0 saturated carbocycles. The summed E-state index contributed by atoms with van der Waals surface area (Å²) in [7, 11) is 0. The quantitative estimate of drug-likeness (QED) is 0.189. The zero-order chi connectivity index (χ0) is 33.3. The Morgan fingerprint density at radius 3 is 1.16 bits per heavy atom. The highest BCUT2D eigenvalue weighted by Crippen LogP contribution is 2.53. The first kappa shape index (κ1) is 29.6. The molecule has 0 bridgehead atoms. The number of hydrogen-bond acceptors (Lipinski definition) is 5. The minimum atomic E-state index is -0.0809. The van der Waals surface area contributed by atoms with E-state index in [2.05, 4.69) is 183 Å². The van der Waals surface area contributed by atoms with E-state index in [9.17, 15) is 0 Å². The number of para-hydroxylation sites is 4. The van der Waals surface area contributed by atoms with E-state index in [-0.39, 0.29) is 10.8 Å². The maximum Gasteiger partial charge on any atom is 0.173 e. The smallest absolute Gasteiger partial charge is 0.173 e. The highest BCUT2D eigenvalue weighted by atomic mass is 32.1. The molecule has 4 nitrogen and oxygen atoms in total. The van der Waals surface area contributed by atoms with Gasteiger partial charge in [-0.15, -0.1) is 0 Å². The molecule has 7 aromatic rings. The van der Waals surface area contributed by atoms with Gasteiger partial charge in [-0.2, -0.15) is 4.37 Å². The first-order valence-electron chi connectivity index (χ1n) is 16.9. The van der Waals surface area contributed by atoms with Crippen LogP contribution >= 0.6 is 11.5 Å². The maximum absolute atomic E-state index is 5.00. The largest absolute Gasteiger partial charge is 0.310 e. The summed E-state index contributed by atoms with van der Waals surface area (Å²) in [6.07, 6.45) is 0. The topological polar surface area (TPSA) is 32.3 Å². The molecule has 9 rings (SSSR count). The molecule has 0 unspecified atom stereocenters. The van der Waals surface area contributed by atoms with Crippen molar-refractivity contribution in [2.24, 2.45) is 0 Å². The van der Waals surface area contributed by atoms with Crippen LogP contribution in [0.2, 0.25) is 0 Å². The summed E-state index contributed by atoms with van der Waals surface area (Å²) in [6, 6.07) is 52.4. The van der Waals surface area contributed by atoms with Crippen LogP contribution in [0.15, 0.2) is 146 Å². The Kier molecular flexibility index (Phi) is 6.65. The predicted octanol–water partition coefficient (Wildman–Crippen LogP) is 12.1. The SMILES string of the molecule is CC1(C)c2ccccc2N(c2ccc(-c3nsc(-c4ccc(N5c6ccccc6C(C)(C)c6ccccc65)cc4)n3)cc2)c2ccccc21. The fourth-order valence-corrected chi connectivity index (χ4v) is 8.55. The molecular weight excluding hydrogens is 617 g/mol. The van der Waals surface area contributed by atoms with Crippen LogP contribution in [0.3, 0.4) is 0 Å². The van der Waals surface area contributed by atoms with Gasteiger partial charge in [0, 0.05) is 33.3 Å². The van der Waals surface area contributed by atoms with E-state index in [0.29, 0.717) is 0 Å². The molecule has 0 saturated heterocycles. The van der Waals surface area contributed by atoms with Crippen LogP contribution in [-0.2, 0) is 10.8 Å². The van der Waals surface area contributed by atoms with Crippen molar-refractivity contribution < 1.29 is 0 Å². The minimum absolute atomic E-state index is 0.0789. The molecule has 3 heterocycles. The molecule has 0 aliphatic carbocycles. The number of fused-ring (bicyclic) bond motifs is 4. The van der Waals surface area contributed by atoms with Gasteiger partial charge in [-0.3, -0.25) is 0 Å². The Balaban J connectivity index is 1.01.